The number of nitrogens with one attached hydrogen (secondary N) is 1. The van der Waals surface area contributed by atoms with Gasteiger partial charge in [0.2, 0.25) is 0 Å². The highest BCUT2D eigenvalue weighted by molar-refractivity contribution is 5.98. The van der Waals surface area contributed by atoms with E-state index < -0.39 is 11.9 Å². The SMILES string of the molecule is Cc1c(C(O)CN2CCC(NC(=O)c3ccc4c(c3)COC4=O)CC2)ccc(F)c1C#N. The van der Waals surface area contributed by atoms with Crippen molar-refractivity contribution in [2.45, 2.75) is 38.5 Å². The van der Waals surface area contributed by atoms with E-state index in [2.05, 4.69) is 10.2 Å². The van der Waals surface area contributed by atoms with E-state index >= 15 is 0 Å². The number of likely N-dealkylation sites (tertiary alicyclic amines) is 1. The Kier molecular flexibility index (Phi) is 6.21. The molecular weight excluding hydrogens is 413 g/mol. The summed E-state index contributed by atoms with van der Waals surface area (Å²) >= 11 is 0. The average Bonchev–Trinajstić information content (AvgIpc) is 3.15. The number of piperidine rings is 1. The molecule has 1 saturated heterocycles. The molecule has 1 fully saturated rings. The van der Waals surface area contributed by atoms with Crippen molar-refractivity contribution in [3.63, 3.8) is 0 Å². The molecule has 0 spiro atoms. The van der Waals surface area contributed by atoms with Crippen LogP contribution < -0.4 is 5.32 Å². The highest BCUT2D eigenvalue weighted by Crippen LogP contribution is 2.25. The van der Waals surface area contributed by atoms with E-state index in [9.17, 15) is 19.1 Å². The van der Waals surface area contributed by atoms with Crippen molar-refractivity contribution in [3.8, 4) is 6.07 Å². The number of aliphatic hydroxyl groups excluding tert-OH is 1. The lowest BCUT2D eigenvalue weighted by molar-refractivity contribution is 0.0535. The maximum absolute atomic E-state index is 13.7. The third-order valence-electron chi connectivity index (χ3n) is 6.23. The Morgan fingerprint density at radius 2 is 2.09 bits per heavy atom. The van der Waals surface area contributed by atoms with Crippen molar-refractivity contribution in [1.82, 2.24) is 10.2 Å². The molecule has 2 aliphatic rings. The van der Waals surface area contributed by atoms with E-state index in [0.717, 1.165) is 18.4 Å². The number of ether oxygens (including phenoxy) is 1. The monoisotopic (exact) mass is 437 g/mol. The minimum atomic E-state index is -0.829. The number of halogens is 1. The third kappa shape index (κ3) is 4.35. The molecule has 2 heterocycles. The summed E-state index contributed by atoms with van der Waals surface area (Å²) < 4.78 is 18.7. The molecule has 0 aromatic heterocycles. The lowest BCUT2D eigenvalue weighted by Gasteiger charge is -2.33. The molecule has 2 aromatic rings. The van der Waals surface area contributed by atoms with Crippen LogP contribution in [0.25, 0.3) is 0 Å². The van der Waals surface area contributed by atoms with Crippen LogP contribution in [0.4, 0.5) is 4.39 Å². The molecule has 2 aliphatic heterocycles. The summed E-state index contributed by atoms with van der Waals surface area (Å²) in [6.07, 6.45) is 0.637. The Bertz CT molecular complexity index is 1100. The molecule has 1 unspecified atom stereocenters. The van der Waals surface area contributed by atoms with E-state index in [4.69, 9.17) is 10.00 Å². The van der Waals surface area contributed by atoms with Gasteiger partial charge in [-0.15, -0.1) is 0 Å². The minimum Gasteiger partial charge on any atom is -0.457 e. The van der Waals surface area contributed by atoms with Crippen LogP contribution in [-0.2, 0) is 11.3 Å². The fourth-order valence-electron chi connectivity index (χ4n) is 4.34. The van der Waals surface area contributed by atoms with Gasteiger partial charge in [0.15, 0.2) is 0 Å². The van der Waals surface area contributed by atoms with Crippen LogP contribution in [0.1, 0.15) is 61.9 Å². The molecular formula is C24H24FN3O4. The number of hydrogen-bond acceptors (Lipinski definition) is 6. The number of cyclic esters (lactones) is 1. The summed E-state index contributed by atoms with van der Waals surface area (Å²) in [5.74, 6) is -1.13. The van der Waals surface area contributed by atoms with Gasteiger partial charge < -0.3 is 20.1 Å². The normalized spacial score (nSPS) is 17.4. The lowest BCUT2D eigenvalue weighted by atomic mass is 9.97. The molecule has 8 heteroatoms. The summed E-state index contributed by atoms with van der Waals surface area (Å²) in [5.41, 5.74) is 2.71. The molecule has 0 bridgehead atoms. The van der Waals surface area contributed by atoms with Crippen molar-refractivity contribution >= 4 is 11.9 Å². The third-order valence-corrected chi connectivity index (χ3v) is 6.23. The number of fused-ring (bicyclic) bond motifs is 1. The molecule has 0 saturated carbocycles. The highest BCUT2D eigenvalue weighted by atomic mass is 19.1. The fourth-order valence-corrected chi connectivity index (χ4v) is 4.34. The predicted molar refractivity (Wildman–Crippen MR) is 113 cm³/mol. The van der Waals surface area contributed by atoms with Crippen LogP contribution in [0.15, 0.2) is 30.3 Å². The van der Waals surface area contributed by atoms with E-state index in [1.54, 1.807) is 25.1 Å². The van der Waals surface area contributed by atoms with Crippen molar-refractivity contribution in [1.29, 1.82) is 5.26 Å². The first-order chi connectivity index (χ1) is 15.4. The van der Waals surface area contributed by atoms with Gasteiger partial charge in [0.1, 0.15) is 18.5 Å². The van der Waals surface area contributed by atoms with Gasteiger partial charge in [0.25, 0.3) is 5.91 Å². The zero-order valence-electron chi connectivity index (χ0n) is 17.7. The lowest BCUT2D eigenvalue weighted by Crippen LogP contribution is -2.45. The van der Waals surface area contributed by atoms with Crippen molar-refractivity contribution in [3.05, 3.63) is 69.5 Å². The summed E-state index contributed by atoms with van der Waals surface area (Å²) in [7, 11) is 0. The van der Waals surface area contributed by atoms with Gasteiger partial charge in [-0.1, -0.05) is 6.07 Å². The Morgan fingerprint density at radius 1 is 1.34 bits per heavy atom. The molecule has 166 valence electrons. The van der Waals surface area contributed by atoms with Crippen molar-refractivity contribution in [2.24, 2.45) is 0 Å². The van der Waals surface area contributed by atoms with E-state index in [1.807, 2.05) is 6.07 Å². The number of carbonyl (C=O) groups is 2. The number of nitrogens with zero attached hydrogens (tertiary/aromatic N) is 2. The van der Waals surface area contributed by atoms with Gasteiger partial charge in [0.05, 0.1) is 17.2 Å². The largest absolute Gasteiger partial charge is 0.457 e. The Morgan fingerprint density at radius 3 is 2.81 bits per heavy atom. The van der Waals surface area contributed by atoms with Crippen LogP contribution in [0.3, 0.4) is 0 Å². The van der Waals surface area contributed by atoms with Crippen LogP contribution >= 0.6 is 0 Å². The maximum atomic E-state index is 13.7. The first-order valence-electron chi connectivity index (χ1n) is 10.6. The number of hydrogen-bond donors (Lipinski definition) is 2. The minimum absolute atomic E-state index is 0.0137. The number of β-amino-alcohol motifs (C(OH)–C–C–N with tert-alkyl or cyclic N) is 1. The van der Waals surface area contributed by atoms with Gasteiger partial charge in [-0.05, 0) is 55.2 Å². The van der Waals surface area contributed by atoms with Crippen LogP contribution in [0, 0.1) is 24.1 Å². The number of amides is 1. The number of aliphatic hydroxyl groups is 1. The quantitative estimate of drug-likeness (QED) is 0.697. The zero-order valence-corrected chi connectivity index (χ0v) is 17.7. The van der Waals surface area contributed by atoms with Gasteiger partial charge in [0, 0.05) is 36.8 Å². The van der Waals surface area contributed by atoms with Gasteiger partial charge in [-0.25, -0.2) is 9.18 Å². The number of nitriles is 1. The van der Waals surface area contributed by atoms with E-state index in [0.29, 0.717) is 41.9 Å². The summed E-state index contributed by atoms with van der Waals surface area (Å²) in [5, 5.41) is 22.8. The van der Waals surface area contributed by atoms with Crippen molar-refractivity contribution < 1.29 is 23.8 Å². The van der Waals surface area contributed by atoms with Crippen LogP contribution in [0.5, 0.6) is 0 Å². The molecule has 32 heavy (non-hydrogen) atoms. The second-order valence-electron chi connectivity index (χ2n) is 8.26. The van der Waals surface area contributed by atoms with Gasteiger partial charge >= 0.3 is 5.97 Å². The number of esters is 1. The second-order valence-corrected chi connectivity index (χ2v) is 8.26. The molecule has 1 atom stereocenters. The second kappa shape index (κ2) is 9.07. The molecule has 4 rings (SSSR count). The molecule has 1 amide bonds. The Hall–Kier alpha value is -3.28. The number of benzene rings is 2. The van der Waals surface area contributed by atoms with Gasteiger partial charge in [-0.3, -0.25) is 4.79 Å². The Labute approximate surface area is 185 Å². The summed E-state index contributed by atoms with van der Waals surface area (Å²) in [4.78, 5) is 26.3. The molecule has 7 nitrogen and oxygen atoms in total. The summed E-state index contributed by atoms with van der Waals surface area (Å²) in [6, 6.07) is 9.56. The fraction of sp³-hybridized carbons (Fsp3) is 0.375. The molecule has 2 aromatic carbocycles. The summed E-state index contributed by atoms with van der Waals surface area (Å²) in [6.45, 7) is 3.60. The van der Waals surface area contributed by atoms with Gasteiger partial charge in [-0.2, -0.15) is 5.26 Å². The first-order valence-corrected chi connectivity index (χ1v) is 10.6. The van der Waals surface area contributed by atoms with E-state index in [-0.39, 0.29) is 30.1 Å². The number of carbonyl (C=O) groups excluding carboxylic acids is 2. The maximum Gasteiger partial charge on any atom is 0.338 e. The van der Waals surface area contributed by atoms with Crippen molar-refractivity contribution in [2.75, 3.05) is 19.6 Å². The predicted octanol–water partition coefficient (Wildman–Crippen LogP) is 2.60. The standard InChI is InChI=1S/C24H24FN3O4/c1-14-18(4-5-21(25)20(14)11-26)22(29)12-28-8-6-17(7-9-28)27-23(30)15-2-3-19-16(10-15)13-32-24(19)31/h2-5,10,17,22,29H,6-9,12-13H2,1H3,(H,27,30). The first kappa shape index (κ1) is 21.9. The highest BCUT2D eigenvalue weighted by Gasteiger charge is 2.26. The zero-order chi connectivity index (χ0) is 22.8. The topological polar surface area (TPSA) is 103 Å². The number of rotatable bonds is 5. The Balaban J connectivity index is 1.31. The molecule has 0 aliphatic carbocycles. The molecule has 2 N–H and O–H groups in total. The average molecular weight is 437 g/mol. The van der Waals surface area contributed by atoms with E-state index in [1.165, 1.54) is 12.1 Å². The molecule has 0 radical (unpaired) electrons. The smallest absolute Gasteiger partial charge is 0.338 e. The van der Waals surface area contributed by atoms with Crippen LogP contribution in [0.2, 0.25) is 0 Å². The van der Waals surface area contributed by atoms with Crippen LogP contribution in [-0.4, -0.2) is 47.6 Å².